The first-order valence-electron chi connectivity index (χ1n) is 5.54. The minimum Gasteiger partial charge on any atom is -0.489 e. The zero-order chi connectivity index (χ0) is 12.7. The zero-order valence-corrected chi connectivity index (χ0v) is 12.9. The first kappa shape index (κ1) is 16.9. The number of guanidine groups is 1. The van der Waals surface area contributed by atoms with Crippen molar-refractivity contribution >= 4 is 29.9 Å². The number of halogens is 2. The van der Waals surface area contributed by atoms with Crippen LogP contribution in [0.1, 0.15) is 13.3 Å². The summed E-state index contributed by atoms with van der Waals surface area (Å²) in [4.78, 5) is 3.78. The fourth-order valence-corrected chi connectivity index (χ4v) is 1.30. The van der Waals surface area contributed by atoms with Crippen molar-refractivity contribution in [2.24, 2.45) is 10.7 Å². The maximum Gasteiger partial charge on any atom is 0.188 e. The Hall–Kier alpha value is -1.05. The molecule has 0 aliphatic carbocycles. The van der Waals surface area contributed by atoms with Crippen LogP contribution in [0.4, 0.5) is 4.39 Å². The Kier molecular flexibility index (Phi) is 8.43. The van der Waals surface area contributed by atoms with Crippen molar-refractivity contribution in [1.29, 1.82) is 0 Å². The maximum absolute atomic E-state index is 13.0. The summed E-state index contributed by atoms with van der Waals surface area (Å²) in [6.07, 6.45) is 0.720. The van der Waals surface area contributed by atoms with Gasteiger partial charge < -0.3 is 15.8 Å². The lowest BCUT2D eigenvalue weighted by molar-refractivity contribution is 0.199. The molecule has 1 aromatic rings. The molecule has 0 bridgehead atoms. The maximum atomic E-state index is 13.0. The van der Waals surface area contributed by atoms with E-state index in [1.54, 1.807) is 19.2 Å². The predicted molar refractivity (Wildman–Crippen MR) is 82.1 cm³/mol. The van der Waals surface area contributed by atoms with E-state index in [0.717, 1.165) is 6.42 Å². The van der Waals surface area contributed by atoms with Crippen LogP contribution in [-0.4, -0.2) is 25.7 Å². The number of hydrogen-bond acceptors (Lipinski definition) is 2. The summed E-state index contributed by atoms with van der Waals surface area (Å²) >= 11 is 0. The Morgan fingerprint density at radius 2 is 2.28 bits per heavy atom. The molecule has 0 aliphatic heterocycles. The monoisotopic (exact) mass is 367 g/mol. The first-order valence-corrected chi connectivity index (χ1v) is 5.54. The van der Waals surface area contributed by atoms with Gasteiger partial charge in [-0.1, -0.05) is 13.0 Å². The van der Waals surface area contributed by atoms with E-state index in [0.29, 0.717) is 18.3 Å². The smallest absolute Gasteiger partial charge is 0.188 e. The molecule has 6 heteroatoms. The van der Waals surface area contributed by atoms with Gasteiger partial charge in [0.05, 0.1) is 6.54 Å². The van der Waals surface area contributed by atoms with Crippen molar-refractivity contribution in [3.63, 3.8) is 0 Å². The largest absolute Gasteiger partial charge is 0.489 e. The number of ether oxygens (including phenoxy) is 1. The van der Waals surface area contributed by atoms with Gasteiger partial charge >= 0.3 is 0 Å². The van der Waals surface area contributed by atoms with Gasteiger partial charge in [-0.2, -0.15) is 0 Å². The Morgan fingerprint density at radius 3 is 2.83 bits per heavy atom. The zero-order valence-electron chi connectivity index (χ0n) is 10.5. The number of aliphatic imine (C=N–C) groups is 1. The molecule has 0 saturated carbocycles. The molecule has 0 aliphatic rings. The molecule has 0 aromatic heterocycles. The highest BCUT2D eigenvalue weighted by Crippen LogP contribution is 2.14. The molecule has 0 saturated heterocycles. The summed E-state index contributed by atoms with van der Waals surface area (Å²) < 4.78 is 18.6. The fourth-order valence-electron chi connectivity index (χ4n) is 1.30. The van der Waals surface area contributed by atoms with E-state index >= 15 is 0 Å². The predicted octanol–water partition coefficient (Wildman–Crippen LogP) is 2.14. The molecule has 1 aromatic carbocycles. The van der Waals surface area contributed by atoms with Crippen molar-refractivity contribution in [2.45, 2.75) is 19.4 Å². The number of nitrogens with one attached hydrogen (secondary N) is 1. The summed E-state index contributed by atoms with van der Waals surface area (Å²) in [6, 6.07) is 6.09. The van der Waals surface area contributed by atoms with Crippen molar-refractivity contribution in [3.05, 3.63) is 30.1 Å². The molecule has 102 valence electrons. The summed E-state index contributed by atoms with van der Waals surface area (Å²) in [5, 5.41) is 2.93. The topological polar surface area (TPSA) is 59.6 Å². The van der Waals surface area contributed by atoms with Crippen LogP contribution in [0.15, 0.2) is 29.3 Å². The average molecular weight is 367 g/mol. The van der Waals surface area contributed by atoms with Crippen LogP contribution < -0.4 is 15.8 Å². The molecule has 1 rings (SSSR count). The van der Waals surface area contributed by atoms with E-state index in [1.165, 1.54) is 12.1 Å². The Balaban J connectivity index is 0.00000289. The van der Waals surface area contributed by atoms with E-state index in [2.05, 4.69) is 10.3 Å². The van der Waals surface area contributed by atoms with Crippen LogP contribution in [0.5, 0.6) is 5.75 Å². The molecular formula is C12H19FIN3O. The lowest BCUT2D eigenvalue weighted by Gasteiger charge is -2.18. The third-order valence-electron chi connectivity index (χ3n) is 2.31. The Morgan fingerprint density at radius 1 is 1.56 bits per heavy atom. The van der Waals surface area contributed by atoms with Crippen molar-refractivity contribution < 1.29 is 9.13 Å². The lowest BCUT2D eigenvalue weighted by Crippen LogP contribution is -2.39. The molecule has 0 amide bonds. The van der Waals surface area contributed by atoms with Crippen LogP contribution in [-0.2, 0) is 0 Å². The number of benzene rings is 1. The molecule has 3 N–H and O–H groups in total. The molecule has 0 heterocycles. The quantitative estimate of drug-likeness (QED) is 0.476. The van der Waals surface area contributed by atoms with E-state index in [1.807, 2.05) is 6.92 Å². The normalized spacial score (nSPS) is 12.5. The van der Waals surface area contributed by atoms with E-state index in [-0.39, 0.29) is 35.9 Å². The van der Waals surface area contributed by atoms with Gasteiger partial charge in [-0.3, -0.25) is 4.99 Å². The van der Waals surface area contributed by atoms with Gasteiger partial charge in [0.2, 0.25) is 0 Å². The number of rotatable bonds is 5. The third kappa shape index (κ3) is 6.04. The molecule has 1 atom stereocenters. The standard InChI is InChI=1S/C12H18FN3O.HI/c1-3-10(8-16-12(14)15-2)17-11-6-4-5-9(13)7-11;/h4-7,10H,3,8H2,1-2H3,(H3,14,15,16);1H. The summed E-state index contributed by atoms with van der Waals surface area (Å²) in [5.41, 5.74) is 5.52. The minimum absolute atomic E-state index is 0. The van der Waals surface area contributed by atoms with Gasteiger partial charge in [-0.15, -0.1) is 24.0 Å². The van der Waals surface area contributed by atoms with Crippen molar-refractivity contribution in [1.82, 2.24) is 5.32 Å². The highest BCUT2D eigenvalue weighted by atomic mass is 127. The minimum atomic E-state index is -0.306. The molecule has 0 fully saturated rings. The second-order valence-corrected chi connectivity index (χ2v) is 3.60. The van der Waals surface area contributed by atoms with Gasteiger partial charge in [0.1, 0.15) is 17.7 Å². The molecule has 18 heavy (non-hydrogen) atoms. The van der Waals surface area contributed by atoms with Gasteiger partial charge in [0, 0.05) is 13.1 Å². The van der Waals surface area contributed by atoms with Crippen LogP contribution in [0, 0.1) is 5.82 Å². The van der Waals surface area contributed by atoms with Gasteiger partial charge in [-0.05, 0) is 18.6 Å². The van der Waals surface area contributed by atoms with E-state index < -0.39 is 0 Å². The number of nitrogens with zero attached hydrogens (tertiary/aromatic N) is 1. The summed E-state index contributed by atoms with van der Waals surface area (Å²) in [7, 11) is 1.61. The van der Waals surface area contributed by atoms with E-state index in [9.17, 15) is 4.39 Å². The van der Waals surface area contributed by atoms with Crippen molar-refractivity contribution in [2.75, 3.05) is 13.6 Å². The highest BCUT2D eigenvalue weighted by Gasteiger charge is 2.08. The number of hydrogen-bond donors (Lipinski definition) is 2. The Bertz CT molecular complexity index is 387. The summed E-state index contributed by atoms with van der Waals surface area (Å²) in [6.45, 7) is 2.53. The van der Waals surface area contributed by atoms with Crippen molar-refractivity contribution in [3.8, 4) is 5.75 Å². The van der Waals surface area contributed by atoms with Gasteiger partial charge in [-0.25, -0.2) is 4.39 Å². The SMILES string of the molecule is CCC(CNC(N)=NC)Oc1cccc(F)c1.I. The third-order valence-corrected chi connectivity index (χ3v) is 2.31. The molecule has 4 nitrogen and oxygen atoms in total. The van der Waals surface area contributed by atoms with Gasteiger partial charge in [0.15, 0.2) is 5.96 Å². The van der Waals surface area contributed by atoms with Crippen LogP contribution >= 0.6 is 24.0 Å². The second-order valence-electron chi connectivity index (χ2n) is 3.60. The van der Waals surface area contributed by atoms with Crippen LogP contribution in [0.25, 0.3) is 0 Å². The Labute approximate surface area is 124 Å². The lowest BCUT2D eigenvalue weighted by atomic mass is 10.2. The van der Waals surface area contributed by atoms with Gasteiger partial charge in [0.25, 0.3) is 0 Å². The van der Waals surface area contributed by atoms with E-state index in [4.69, 9.17) is 10.5 Å². The molecular weight excluding hydrogens is 348 g/mol. The highest BCUT2D eigenvalue weighted by molar-refractivity contribution is 14.0. The molecule has 0 radical (unpaired) electrons. The summed E-state index contributed by atoms with van der Waals surface area (Å²) in [5.74, 6) is 0.580. The number of nitrogens with two attached hydrogens (primary N) is 1. The average Bonchev–Trinajstić information content (AvgIpc) is 2.34. The first-order chi connectivity index (χ1) is 8.15. The van der Waals surface area contributed by atoms with Crippen LogP contribution in [0.2, 0.25) is 0 Å². The molecule has 0 spiro atoms. The van der Waals surface area contributed by atoms with Crippen LogP contribution in [0.3, 0.4) is 0 Å². The fraction of sp³-hybridized carbons (Fsp3) is 0.417. The second kappa shape index (κ2) is 8.96. The molecule has 1 unspecified atom stereocenters.